The summed E-state index contributed by atoms with van der Waals surface area (Å²) in [6.45, 7) is 2.43. The van der Waals surface area contributed by atoms with Gasteiger partial charge >= 0.3 is 5.97 Å². The first-order chi connectivity index (χ1) is 8.13. The summed E-state index contributed by atoms with van der Waals surface area (Å²) >= 11 is 0. The second-order valence-corrected chi connectivity index (χ2v) is 3.60. The summed E-state index contributed by atoms with van der Waals surface area (Å²) in [6.07, 6.45) is 4.64. The third-order valence-electron chi connectivity index (χ3n) is 2.15. The van der Waals surface area contributed by atoms with Crippen LogP contribution in [0.4, 0.5) is 0 Å². The van der Waals surface area contributed by atoms with Crippen LogP contribution in [0.25, 0.3) is 6.08 Å². The van der Waals surface area contributed by atoms with E-state index in [-0.39, 0.29) is 11.5 Å². The van der Waals surface area contributed by atoms with E-state index in [1.165, 1.54) is 24.3 Å². The first-order valence-electron chi connectivity index (χ1n) is 5.50. The molecule has 0 spiro atoms. The van der Waals surface area contributed by atoms with Crippen molar-refractivity contribution in [1.82, 2.24) is 0 Å². The van der Waals surface area contributed by atoms with Gasteiger partial charge < -0.3 is 14.9 Å². The van der Waals surface area contributed by atoms with Crippen LogP contribution in [0.1, 0.15) is 25.3 Å². The molecule has 0 radical (unpaired) electrons. The highest BCUT2D eigenvalue weighted by Crippen LogP contribution is 2.25. The van der Waals surface area contributed by atoms with E-state index >= 15 is 0 Å². The van der Waals surface area contributed by atoms with E-state index in [0.717, 1.165) is 12.8 Å². The van der Waals surface area contributed by atoms with Crippen LogP contribution < -0.4 is 0 Å². The van der Waals surface area contributed by atoms with Gasteiger partial charge in [0, 0.05) is 6.08 Å². The zero-order valence-electron chi connectivity index (χ0n) is 9.72. The van der Waals surface area contributed by atoms with E-state index in [1.54, 1.807) is 6.07 Å². The van der Waals surface area contributed by atoms with Gasteiger partial charge in [0.1, 0.15) is 0 Å². The van der Waals surface area contributed by atoms with Crippen molar-refractivity contribution >= 4 is 12.0 Å². The Labute approximate surface area is 100 Å². The van der Waals surface area contributed by atoms with Gasteiger partial charge in [0.15, 0.2) is 11.5 Å². The summed E-state index contributed by atoms with van der Waals surface area (Å²) in [6, 6.07) is 4.31. The molecule has 0 aliphatic rings. The second-order valence-electron chi connectivity index (χ2n) is 3.60. The molecule has 0 saturated carbocycles. The van der Waals surface area contributed by atoms with Gasteiger partial charge in [0.05, 0.1) is 6.61 Å². The first kappa shape index (κ1) is 13.1. The van der Waals surface area contributed by atoms with Crippen LogP contribution in [0.3, 0.4) is 0 Å². The molecule has 0 fully saturated rings. The lowest BCUT2D eigenvalue weighted by molar-refractivity contribution is -0.137. The van der Waals surface area contributed by atoms with Gasteiger partial charge in [-0.2, -0.15) is 0 Å². The van der Waals surface area contributed by atoms with Crippen LogP contribution in [0.15, 0.2) is 24.3 Å². The monoisotopic (exact) mass is 236 g/mol. The molecule has 0 aliphatic heterocycles. The summed E-state index contributed by atoms with van der Waals surface area (Å²) in [5.74, 6) is -0.815. The van der Waals surface area contributed by atoms with E-state index in [4.69, 9.17) is 9.84 Å². The van der Waals surface area contributed by atoms with Crippen LogP contribution in [0.2, 0.25) is 0 Å². The van der Waals surface area contributed by atoms with Gasteiger partial charge in [-0.1, -0.05) is 19.4 Å². The maximum atomic E-state index is 11.2. The summed E-state index contributed by atoms with van der Waals surface area (Å²) in [5.41, 5.74) is 0.618. The van der Waals surface area contributed by atoms with Crippen molar-refractivity contribution in [3.05, 3.63) is 29.8 Å². The van der Waals surface area contributed by atoms with E-state index < -0.39 is 5.97 Å². The summed E-state index contributed by atoms with van der Waals surface area (Å²) in [4.78, 5) is 11.2. The molecule has 4 heteroatoms. The summed E-state index contributed by atoms with van der Waals surface area (Å²) < 4.78 is 4.92. The molecule has 0 aromatic heterocycles. The lowest BCUT2D eigenvalue weighted by Gasteiger charge is -2.00. The van der Waals surface area contributed by atoms with Gasteiger partial charge in [-0.3, -0.25) is 0 Å². The van der Waals surface area contributed by atoms with E-state index in [2.05, 4.69) is 0 Å². The number of unbranched alkanes of at least 4 members (excludes halogenated alkanes) is 1. The van der Waals surface area contributed by atoms with Crippen LogP contribution in [0, 0.1) is 0 Å². The highest BCUT2D eigenvalue weighted by Gasteiger charge is 1.99. The van der Waals surface area contributed by atoms with Crippen molar-refractivity contribution in [2.45, 2.75) is 19.8 Å². The molecule has 0 bridgehead atoms. The Kier molecular flexibility index (Phi) is 5.07. The largest absolute Gasteiger partial charge is 0.504 e. The number of carbonyl (C=O) groups is 1. The number of aromatic hydroxyl groups is 2. The van der Waals surface area contributed by atoms with Crippen LogP contribution in [0.5, 0.6) is 11.5 Å². The standard InChI is InChI=1S/C13H16O4/c1-2-3-8-17-13(16)7-5-10-4-6-11(14)12(15)9-10/h4-7,9,14-15H,2-3,8H2,1H3/b7-5+. The Morgan fingerprint density at radius 1 is 1.35 bits per heavy atom. The SMILES string of the molecule is CCCCOC(=O)/C=C/c1ccc(O)c(O)c1. The fourth-order valence-corrected chi connectivity index (χ4v) is 1.17. The number of rotatable bonds is 5. The smallest absolute Gasteiger partial charge is 0.330 e. The van der Waals surface area contributed by atoms with Gasteiger partial charge in [0.25, 0.3) is 0 Å². The maximum Gasteiger partial charge on any atom is 0.330 e. The molecule has 0 heterocycles. The second kappa shape index (κ2) is 6.58. The average Bonchev–Trinajstić information content (AvgIpc) is 2.31. The highest BCUT2D eigenvalue weighted by atomic mass is 16.5. The molecule has 4 nitrogen and oxygen atoms in total. The fourth-order valence-electron chi connectivity index (χ4n) is 1.17. The van der Waals surface area contributed by atoms with Crippen molar-refractivity contribution in [3.63, 3.8) is 0 Å². The van der Waals surface area contributed by atoms with E-state index in [9.17, 15) is 9.90 Å². The topological polar surface area (TPSA) is 66.8 Å². The molecule has 1 rings (SSSR count). The molecule has 0 saturated heterocycles. The maximum absolute atomic E-state index is 11.2. The van der Waals surface area contributed by atoms with Crippen LogP contribution >= 0.6 is 0 Å². The molecule has 92 valence electrons. The zero-order valence-corrected chi connectivity index (χ0v) is 9.72. The van der Waals surface area contributed by atoms with Crippen LogP contribution in [-0.4, -0.2) is 22.8 Å². The molecule has 2 N–H and O–H groups in total. The number of phenolic OH excluding ortho intramolecular Hbond substituents is 2. The van der Waals surface area contributed by atoms with Gasteiger partial charge in [-0.25, -0.2) is 4.79 Å². The quantitative estimate of drug-likeness (QED) is 0.356. The minimum atomic E-state index is -0.411. The number of carbonyl (C=O) groups excluding carboxylic acids is 1. The minimum Gasteiger partial charge on any atom is -0.504 e. The Morgan fingerprint density at radius 2 is 2.12 bits per heavy atom. The molecule has 1 aromatic carbocycles. The van der Waals surface area contributed by atoms with Gasteiger partial charge in [-0.15, -0.1) is 0 Å². The van der Waals surface area contributed by atoms with Crippen molar-refractivity contribution in [3.8, 4) is 11.5 Å². The van der Waals surface area contributed by atoms with Crippen molar-refractivity contribution in [2.24, 2.45) is 0 Å². The van der Waals surface area contributed by atoms with Gasteiger partial charge in [-0.05, 0) is 30.2 Å². The third kappa shape index (κ3) is 4.59. The minimum absolute atomic E-state index is 0.187. The Hall–Kier alpha value is -1.97. The summed E-state index contributed by atoms with van der Waals surface area (Å²) in [5, 5.41) is 18.3. The predicted molar refractivity (Wildman–Crippen MR) is 64.7 cm³/mol. The molecule has 1 aromatic rings. The number of esters is 1. The number of hydrogen-bond donors (Lipinski definition) is 2. The molecule has 0 unspecified atom stereocenters. The molecular weight excluding hydrogens is 220 g/mol. The molecule has 0 amide bonds. The fraction of sp³-hybridized carbons (Fsp3) is 0.308. The van der Waals surface area contributed by atoms with Gasteiger partial charge in [0.2, 0.25) is 0 Å². The average molecular weight is 236 g/mol. The molecule has 17 heavy (non-hydrogen) atoms. The lowest BCUT2D eigenvalue weighted by atomic mass is 10.2. The van der Waals surface area contributed by atoms with Crippen molar-refractivity contribution in [2.75, 3.05) is 6.61 Å². The number of benzene rings is 1. The van der Waals surface area contributed by atoms with E-state index in [1.807, 2.05) is 6.92 Å². The third-order valence-corrected chi connectivity index (χ3v) is 2.15. The van der Waals surface area contributed by atoms with E-state index in [0.29, 0.717) is 12.2 Å². The van der Waals surface area contributed by atoms with Crippen molar-refractivity contribution in [1.29, 1.82) is 0 Å². The zero-order chi connectivity index (χ0) is 12.7. The number of phenols is 2. The lowest BCUT2D eigenvalue weighted by Crippen LogP contribution is -2.01. The first-order valence-corrected chi connectivity index (χ1v) is 5.50. The Bertz CT molecular complexity index is 410. The Morgan fingerprint density at radius 3 is 2.76 bits per heavy atom. The Balaban J connectivity index is 2.52. The number of hydrogen-bond acceptors (Lipinski definition) is 4. The molecule has 0 atom stereocenters. The summed E-state index contributed by atoms with van der Waals surface area (Å²) in [7, 11) is 0. The molecular formula is C13H16O4. The highest BCUT2D eigenvalue weighted by molar-refractivity contribution is 5.87. The number of ether oxygens (including phenoxy) is 1. The predicted octanol–water partition coefficient (Wildman–Crippen LogP) is 2.45. The van der Waals surface area contributed by atoms with Crippen molar-refractivity contribution < 1.29 is 19.7 Å². The normalized spacial score (nSPS) is 10.6. The molecule has 0 aliphatic carbocycles. The van der Waals surface area contributed by atoms with Crippen LogP contribution in [-0.2, 0) is 9.53 Å².